The highest BCUT2D eigenvalue weighted by Gasteiger charge is 2.38. The number of ether oxygens (including phenoxy) is 2. The maximum absolute atomic E-state index is 13.0. The monoisotopic (exact) mass is 358 g/mol. The predicted octanol–water partition coefficient (Wildman–Crippen LogP) is 1.74. The number of benzene rings is 1. The first-order chi connectivity index (χ1) is 12.0. The van der Waals surface area contributed by atoms with Crippen LogP contribution in [0, 0.1) is 6.92 Å². The van der Waals surface area contributed by atoms with Crippen molar-refractivity contribution in [1.82, 2.24) is 0 Å². The fourth-order valence-electron chi connectivity index (χ4n) is 2.62. The molecule has 0 spiro atoms. The second-order valence-electron chi connectivity index (χ2n) is 5.39. The standard InChI is InChI=1S/C18H16NO5S/c1-11-7-9-19(10-8-11)25(22)13-6-4-5-12-14(13)16(21)18(24-3)17(23-2)15(12)20/h4-10H,1-3H3/q+1. The van der Waals surface area contributed by atoms with E-state index in [2.05, 4.69) is 0 Å². The third kappa shape index (κ3) is 2.76. The average Bonchev–Trinajstić information content (AvgIpc) is 2.63. The summed E-state index contributed by atoms with van der Waals surface area (Å²) in [6, 6.07) is 8.30. The Morgan fingerprint density at radius 1 is 0.920 bits per heavy atom. The Morgan fingerprint density at radius 3 is 2.12 bits per heavy atom. The Kier molecular flexibility index (Phi) is 4.50. The predicted molar refractivity (Wildman–Crippen MR) is 89.3 cm³/mol. The molecule has 25 heavy (non-hydrogen) atoms. The molecule has 1 aromatic heterocycles. The van der Waals surface area contributed by atoms with E-state index in [-0.39, 0.29) is 27.5 Å². The van der Waals surface area contributed by atoms with Gasteiger partial charge in [0.25, 0.3) is 0 Å². The number of rotatable bonds is 4. The van der Waals surface area contributed by atoms with Crippen molar-refractivity contribution in [2.45, 2.75) is 11.8 Å². The minimum atomic E-state index is -1.69. The van der Waals surface area contributed by atoms with Gasteiger partial charge < -0.3 is 9.47 Å². The number of allylic oxidation sites excluding steroid dienone is 2. The number of Topliss-reactive ketones (excluding diaryl/α,β-unsaturated/α-hetero) is 2. The molecule has 1 atom stereocenters. The number of pyridine rings is 1. The molecule has 0 saturated carbocycles. The van der Waals surface area contributed by atoms with E-state index in [1.807, 2.05) is 19.1 Å². The van der Waals surface area contributed by atoms with E-state index < -0.39 is 22.6 Å². The summed E-state index contributed by atoms with van der Waals surface area (Å²) in [5.74, 6) is -1.32. The van der Waals surface area contributed by atoms with Crippen molar-refractivity contribution in [2.75, 3.05) is 14.2 Å². The summed E-state index contributed by atoms with van der Waals surface area (Å²) in [6.07, 6.45) is 3.32. The van der Waals surface area contributed by atoms with E-state index in [0.29, 0.717) is 0 Å². The summed E-state index contributed by atoms with van der Waals surface area (Å²) in [4.78, 5) is 25.7. The van der Waals surface area contributed by atoms with Crippen LogP contribution in [0.2, 0.25) is 0 Å². The molecule has 1 aliphatic carbocycles. The first-order valence-electron chi connectivity index (χ1n) is 7.44. The SMILES string of the molecule is COC1=C(OC)C(=O)c2c(cccc2S(=O)[n+]2ccc(C)cc2)C1=O. The maximum Gasteiger partial charge on any atom is 0.321 e. The molecule has 2 aromatic rings. The smallest absolute Gasteiger partial charge is 0.321 e. The summed E-state index contributed by atoms with van der Waals surface area (Å²) >= 11 is 0. The summed E-state index contributed by atoms with van der Waals surface area (Å²) in [6.45, 7) is 1.92. The molecule has 1 heterocycles. The molecule has 0 amide bonds. The molecule has 0 bridgehead atoms. The third-order valence-electron chi connectivity index (χ3n) is 3.87. The number of hydrogen-bond acceptors (Lipinski definition) is 5. The van der Waals surface area contributed by atoms with E-state index in [1.165, 1.54) is 24.3 Å². The highest BCUT2D eigenvalue weighted by molar-refractivity contribution is 7.78. The number of carbonyl (C=O) groups is 2. The topological polar surface area (TPSA) is 73.6 Å². The molecular formula is C18H16NO5S+. The summed E-state index contributed by atoms with van der Waals surface area (Å²) < 4.78 is 24.5. The van der Waals surface area contributed by atoms with Gasteiger partial charge >= 0.3 is 11.0 Å². The molecule has 0 saturated heterocycles. The molecule has 0 radical (unpaired) electrons. The maximum atomic E-state index is 13.0. The van der Waals surface area contributed by atoms with Gasteiger partial charge in [-0.3, -0.25) is 9.59 Å². The van der Waals surface area contributed by atoms with Gasteiger partial charge in [-0.05, 0) is 18.6 Å². The number of aryl methyl sites for hydroxylation is 1. The van der Waals surface area contributed by atoms with Gasteiger partial charge in [-0.1, -0.05) is 12.1 Å². The van der Waals surface area contributed by atoms with E-state index >= 15 is 0 Å². The molecule has 1 unspecified atom stereocenters. The number of aromatic nitrogens is 1. The highest BCUT2D eigenvalue weighted by Crippen LogP contribution is 2.30. The Morgan fingerprint density at radius 2 is 1.52 bits per heavy atom. The van der Waals surface area contributed by atoms with Crippen LogP contribution in [0.15, 0.2) is 59.1 Å². The van der Waals surface area contributed by atoms with E-state index in [0.717, 1.165) is 5.56 Å². The van der Waals surface area contributed by atoms with Crippen molar-refractivity contribution in [2.24, 2.45) is 0 Å². The van der Waals surface area contributed by atoms with Crippen LogP contribution in [0.1, 0.15) is 26.3 Å². The lowest BCUT2D eigenvalue weighted by Gasteiger charge is -2.19. The average molecular weight is 358 g/mol. The van der Waals surface area contributed by atoms with Crippen molar-refractivity contribution < 1.29 is 27.2 Å². The zero-order valence-electron chi connectivity index (χ0n) is 13.9. The lowest BCUT2D eigenvalue weighted by molar-refractivity contribution is -0.504. The van der Waals surface area contributed by atoms with Gasteiger partial charge in [0, 0.05) is 17.7 Å². The molecule has 0 fully saturated rings. The normalized spacial score (nSPS) is 15.0. The summed E-state index contributed by atoms with van der Waals surface area (Å²) in [7, 11) is 0.905. The van der Waals surface area contributed by atoms with Crippen molar-refractivity contribution in [1.29, 1.82) is 0 Å². The largest absolute Gasteiger partial charge is 0.489 e. The van der Waals surface area contributed by atoms with Crippen molar-refractivity contribution in [3.05, 3.63) is 70.9 Å². The fourth-order valence-corrected chi connectivity index (χ4v) is 3.77. The Bertz CT molecular complexity index is 931. The van der Waals surface area contributed by atoms with Gasteiger partial charge in [0.15, 0.2) is 12.4 Å². The number of carbonyl (C=O) groups excluding carboxylic acids is 2. The van der Waals surface area contributed by atoms with Gasteiger partial charge in [-0.2, -0.15) is 4.21 Å². The van der Waals surface area contributed by atoms with Crippen LogP contribution < -0.4 is 3.97 Å². The lowest BCUT2D eigenvalue weighted by Crippen LogP contribution is -2.38. The van der Waals surface area contributed by atoms with Crippen LogP contribution in [0.25, 0.3) is 0 Å². The van der Waals surface area contributed by atoms with Crippen LogP contribution in [0.5, 0.6) is 0 Å². The second kappa shape index (κ2) is 6.60. The van der Waals surface area contributed by atoms with Gasteiger partial charge in [0.1, 0.15) is 4.90 Å². The number of hydrogen-bond donors (Lipinski definition) is 0. The first-order valence-corrected chi connectivity index (χ1v) is 8.55. The molecule has 7 heteroatoms. The third-order valence-corrected chi connectivity index (χ3v) is 5.22. The molecule has 1 aromatic carbocycles. The van der Waals surface area contributed by atoms with Crippen molar-refractivity contribution >= 4 is 22.6 Å². The minimum Gasteiger partial charge on any atom is -0.489 e. The number of methoxy groups -OCH3 is 2. The second-order valence-corrected chi connectivity index (χ2v) is 6.75. The molecule has 128 valence electrons. The van der Waals surface area contributed by atoms with E-state index in [9.17, 15) is 13.8 Å². The number of fused-ring (bicyclic) bond motifs is 1. The van der Waals surface area contributed by atoms with Crippen LogP contribution in [0.3, 0.4) is 0 Å². The summed E-state index contributed by atoms with van der Waals surface area (Å²) in [5.41, 5.74) is 1.25. The van der Waals surface area contributed by atoms with Gasteiger partial charge in [-0.25, -0.2) is 0 Å². The van der Waals surface area contributed by atoms with Crippen molar-refractivity contribution in [3.8, 4) is 0 Å². The van der Waals surface area contributed by atoms with Crippen LogP contribution in [-0.4, -0.2) is 30.0 Å². The van der Waals surface area contributed by atoms with Crippen LogP contribution >= 0.6 is 0 Å². The quantitative estimate of drug-likeness (QED) is 0.779. The molecule has 3 rings (SSSR count). The zero-order chi connectivity index (χ0) is 18.1. The van der Waals surface area contributed by atoms with Crippen LogP contribution in [-0.2, 0) is 20.5 Å². The number of nitrogens with zero attached hydrogens (tertiary/aromatic N) is 1. The van der Waals surface area contributed by atoms with Crippen molar-refractivity contribution in [3.63, 3.8) is 0 Å². The zero-order valence-corrected chi connectivity index (χ0v) is 14.8. The molecule has 1 aliphatic rings. The molecule has 6 nitrogen and oxygen atoms in total. The Hall–Kier alpha value is -2.80. The molecule has 0 N–H and O–H groups in total. The summed E-state index contributed by atoms with van der Waals surface area (Å²) in [5, 5.41) is 0. The highest BCUT2D eigenvalue weighted by atomic mass is 32.2. The minimum absolute atomic E-state index is 0.0801. The number of ketones is 2. The van der Waals surface area contributed by atoms with E-state index in [1.54, 1.807) is 24.5 Å². The van der Waals surface area contributed by atoms with Crippen LogP contribution in [0.4, 0.5) is 0 Å². The molecule has 0 aliphatic heterocycles. The Balaban J connectivity index is 2.18. The fraction of sp³-hybridized carbons (Fsp3) is 0.167. The van der Waals surface area contributed by atoms with E-state index in [4.69, 9.17) is 9.47 Å². The van der Waals surface area contributed by atoms with Gasteiger partial charge in [0.05, 0.1) is 19.8 Å². The lowest BCUT2D eigenvalue weighted by atomic mass is 9.92. The Labute approximate surface area is 147 Å². The molecular weight excluding hydrogens is 342 g/mol. The van der Waals surface area contributed by atoms with Gasteiger partial charge in [-0.15, -0.1) is 3.97 Å². The first kappa shape index (κ1) is 17.0. The van der Waals surface area contributed by atoms with Gasteiger partial charge in [0.2, 0.25) is 23.1 Å².